The Bertz CT molecular complexity index is 1270. The van der Waals surface area contributed by atoms with Crippen molar-refractivity contribution in [1.82, 2.24) is 0 Å². The van der Waals surface area contributed by atoms with Crippen LogP contribution >= 0.6 is 0 Å². The number of aryl methyl sites for hydroxylation is 1. The van der Waals surface area contributed by atoms with Crippen molar-refractivity contribution in [1.29, 1.82) is 0 Å². The molecule has 0 atom stereocenters. The van der Waals surface area contributed by atoms with Crippen LogP contribution in [0.4, 0.5) is 0 Å². The molecule has 0 saturated heterocycles. The van der Waals surface area contributed by atoms with Crippen LogP contribution in [0.3, 0.4) is 0 Å². The van der Waals surface area contributed by atoms with Gasteiger partial charge in [-0.1, -0.05) is 54.6 Å². The summed E-state index contributed by atoms with van der Waals surface area (Å²) in [7, 11) is 0. The van der Waals surface area contributed by atoms with Crippen molar-refractivity contribution in [2.75, 3.05) is 19.8 Å². The third-order valence-electron chi connectivity index (χ3n) is 5.42. The fraction of sp³-hybridized carbons (Fsp3) is 0.161. The molecule has 0 aliphatic heterocycles. The van der Waals surface area contributed by atoms with Gasteiger partial charge in [-0.15, -0.1) is 0 Å². The van der Waals surface area contributed by atoms with Crippen LogP contribution in [0.2, 0.25) is 0 Å². The highest BCUT2D eigenvalue weighted by Crippen LogP contribution is 2.18. The molecule has 0 aliphatic carbocycles. The molecule has 4 rings (SSSR count). The lowest BCUT2D eigenvalue weighted by atomic mass is 10.1. The summed E-state index contributed by atoms with van der Waals surface area (Å²) in [5.74, 6) is 0.674. The second kappa shape index (κ2) is 13.5. The quantitative estimate of drug-likeness (QED) is 0.133. The lowest BCUT2D eigenvalue weighted by Gasteiger charge is -2.09. The highest BCUT2D eigenvalue weighted by molar-refractivity contribution is 5.92. The molecule has 0 heterocycles. The summed E-state index contributed by atoms with van der Waals surface area (Å²) in [6.45, 7) is 1.08. The third-order valence-corrected chi connectivity index (χ3v) is 5.42. The van der Waals surface area contributed by atoms with Gasteiger partial charge in [0.1, 0.15) is 30.5 Å². The van der Waals surface area contributed by atoms with Crippen molar-refractivity contribution in [3.8, 4) is 17.2 Å². The molecule has 0 fully saturated rings. The second-order valence-corrected chi connectivity index (χ2v) is 8.18. The number of esters is 2. The Morgan fingerprint density at radius 1 is 0.541 bits per heavy atom. The van der Waals surface area contributed by atoms with Gasteiger partial charge in [0.2, 0.25) is 0 Å². The molecule has 188 valence electrons. The zero-order valence-electron chi connectivity index (χ0n) is 20.4. The minimum absolute atomic E-state index is 0.266. The van der Waals surface area contributed by atoms with Crippen LogP contribution in [0.5, 0.6) is 17.2 Å². The number of para-hydroxylation sites is 1. The van der Waals surface area contributed by atoms with Crippen molar-refractivity contribution < 1.29 is 28.5 Å². The molecule has 0 amide bonds. The van der Waals surface area contributed by atoms with Crippen LogP contribution in [0.1, 0.15) is 32.7 Å². The number of rotatable bonds is 12. The standard InChI is InChI=1S/C31H28O6/c32-30(36-20-8-11-24-9-3-1-4-10-24)26-12-7-15-29(23-26)37-31(33)25-16-18-28(19-17-25)35-22-21-34-27-13-5-2-6-14-27/h1-7,9-10,12-19,23H,8,11,20-22H2. The largest absolute Gasteiger partial charge is 0.490 e. The molecule has 6 heteroatoms. The minimum Gasteiger partial charge on any atom is -0.490 e. The van der Waals surface area contributed by atoms with Gasteiger partial charge >= 0.3 is 11.9 Å². The van der Waals surface area contributed by atoms with Gasteiger partial charge in [-0.3, -0.25) is 0 Å². The first kappa shape index (κ1) is 25.5. The second-order valence-electron chi connectivity index (χ2n) is 8.18. The van der Waals surface area contributed by atoms with Crippen molar-refractivity contribution in [3.05, 3.63) is 126 Å². The van der Waals surface area contributed by atoms with E-state index in [1.165, 1.54) is 11.6 Å². The van der Waals surface area contributed by atoms with Crippen LogP contribution in [0, 0.1) is 0 Å². The first-order valence-corrected chi connectivity index (χ1v) is 12.1. The molecule has 6 nitrogen and oxygen atoms in total. The Morgan fingerprint density at radius 2 is 1.16 bits per heavy atom. The van der Waals surface area contributed by atoms with Crippen LogP contribution < -0.4 is 14.2 Å². The van der Waals surface area contributed by atoms with Gasteiger partial charge in [0.25, 0.3) is 0 Å². The fourth-order valence-electron chi connectivity index (χ4n) is 3.54. The zero-order chi connectivity index (χ0) is 25.7. The molecule has 0 aliphatic rings. The molecule has 0 saturated carbocycles. The van der Waals surface area contributed by atoms with E-state index in [0.717, 1.165) is 18.6 Å². The first-order valence-electron chi connectivity index (χ1n) is 12.1. The number of carbonyl (C=O) groups excluding carboxylic acids is 2. The number of hydrogen-bond acceptors (Lipinski definition) is 6. The normalized spacial score (nSPS) is 10.4. The molecule has 0 bridgehead atoms. The van der Waals surface area contributed by atoms with E-state index in [2.05, 4.69) is 0 Å². The smallest absolute Gasteiger partial charge is 0.343 e. The predicted molar refractivity (Wildman–Crippen MR) is 140 cm³/mol. The average molecular weight is 497 g/mol. The first-order chi connectivity index (χ1) is 18.2. The lowest BCUT2D eigenvalue weighted by Crippen LogP contribution is -2.11. The highest BCUT2D eigenvalue weighted by atomic mass is 16.5. The van der Waals surface area contributed by atoms with Gasteiger partial charge in [0.05, 0.1) is 17.7 Å². The van der Waals surface area contributed by atoms with Gasteiger partial charge in [-0.25, -0.2) is 9.59 Å². The summed E-state index contributed by atoms with van der Waals surface area (Å²) in [4.78, 5) is 25.0. The number of hydrogen-bond donors (Lipinski definition) is 0. The Kier molecular flexibility index (Phi) is 9.30. The van der Waals surface area contributed by atoms with Gasteiger partial charge in [0.15, 0.2) is 0 Å². The summed E-state index contributed by atoms with van der Waals surface area (Å²) in [6, 6.07) is 32.6. The third kappa shape index (κ3) is 8.25. The Hall–Kier alpha value is -4.58. The van der Waals surface area contributed by atoms with Crippen molar-refractivity contribution >= 4 is 11.9 Å². The number of benzene rings is 4. The molecule has 4 aromatic rings. The monoisotopic (exact) mass is 496 g/mol. The topological polar surface area (TPSA) is 71.1 Å². The van der Waals surface area contributed by atoms with E-state index in [0.29, 0.717) is 36.7 Å². The minimum atomic E-state index is -0.535. The van der Waals surface area contributed by atoms with Crippen molar-refractivity contribution in [3.63, 3.8) is 0 Å². The van der Waals surface area contributed by atoms with Crippen LogP contribution in [-0.4, -0.2) is 31.8 Å². The van der Waals surface area contributed by atoms with Gasteiger partial charge in [-0.05, 0) is 73.0 Å². The summed E-state index contributed by atoms with van der Waals surface area (Å²) in [6.07, 6.45) is 1.56. The van der Waals surface area contributed by atoms with Gasteiger partial charge in [-0.2, -0.15) is 0 Å². The lowest BCUT2D eigenvalue weighted by molar-refractivity contribution is 0.0498. The SMILES string of the molecule is O=C(OCCCc1ccccc1)c1cccc(OC(=O)c2ccc(OCCOc3ccccc3)cc2)c1. The van der Waals surface area contributed by atoms with Crippen molar-refractivity contribution in [2.45, 2.75) is 12.8 Å². The Morgan fingerprint density at radius 3 is 1.86 bits per heavy atom. The Balaban J connectivity index is 1.21. The molecular weight excluding hydrogens is 468 g/mol. The van der Waals surface area contributed by atoms with E-state index < -0.39 is 11.9 Å². The van der Waals surface area contributed by atoms with Gasteiger partial charge < -0.3 is 18.9 Å². The number of carbonyl (C=O) groups is 2. The molecule has 0 unspecified atom stereocenters. The van der Waals surface area contributed by atoms with Crippen molar-refractivity contribution in [2.24, 2.45) is 0 Å². The molecular formula is C31H28O6. The van der Waals surface area contributed by atoms with Crippen LogP contribution in [-0.2, 0) is 11.2 Å². The fourth-order valence-corrected chi connectivity index (χ4v) is 3.54. The summed E-state index contributed by atoms with van der Waals surface area (Å²) < 4.78 is 22.1. The van der Waals surface area contributed by atoms with E-state index in [1.54, 1.807) is 42.5 Å². The predicted octanol–water partition coefficient (Wildman–Crippen LogP) is 6.15. The summed E-state index contributed by atoms with van der Waals surface area (Å²) in [5, 5.41) is 0. The summed E-state index contributed by atoms with van der Waals surface area (Å²) >= 11 is 0. The zero-order valence-corrected chi connectivity index (χ0v) is 20.4. The maximum absolute atomic E-state index is 12.6. The van der Waals surface area contributed by atoms with Crippen LogP contribution in [0.15, 0.2) is 109 Å². The van der Waals surface area contributed by atoms with Crippen LogP contribution in [0.25, 0.3) is 0 Å². The average Bonchev–Trinajstić information content (AvgIpc) is 2.95. The molecule has 37 heavy (non-hydrogen) atoms. The maximum Gasteiger partial charge on any atom is 0.343 e. The van der Waals surface area contributed by atoms with E-state index in [-0.39, 0.29) is 5.75 Å². The molecule has 0 radical (unpaired) electrons. The van der Waals surface area contributed by atoms with E-state index in [9.17, 15) is 9.59 Å². The van der Waals surface area contributed by atoms with E-state index in [4.69, 9.17) is 18.9 Å². The molecule has 0 N–H and O–H groups in total. The highest BCUT2D eigenvalue weighted by Gasteiger charge is 2.12. The van der Waals surface area contributed by atoms with E-state index >= 15 is 0 Å². The number of ether oxygens (including phenoxy) is 4. The molecule has 0 spiro atoms. The Labute approximate surface area is 216 Å². The van der Waals surface area contributed by atoms with Gasteiger partial charge in [0, 0.05) is 0 Å². The molecule has 0 aromatic heterocycles. The molecule has 4 aromatic carbocycles. The maximum atomic E-state index is 12.6. The van der Waals surface area contributed by atoms with E-state index in [1.807, 2.05) is 60.7 Å². The summed E-state index contributed by atoms with van der Waals surface area (Å²) in [5.41, 5.74) is 1.89.